The van der Waals surface area contributed by atoms with Crippen molar-refractivity contribution < 1.29 is 14.7 Å². The molecule has 0 saturated heterocycles. The molecule has 0 bridgehead atoms. The molecule has 1 amide bonds. The topological polar surface area (TPSA) is 92.2 Å². The Bertz CT molecular complexity index is 749. The molecule has 0 spiro atoms. The summed E-state index contributed by atoms with van der Waals surface area (Å²) in [5.74, 6) is -0.113. The molecule has 1 fully saturated rings. The highest BCUT2D eigenvalue weighted by atomic mass is 32.1. The minimum absolute atomic E-state index is 0.370. The first-order chi connectivity index (χ1) is 9.97. The first-order valence-electron chi connectivity index (χ1n) is 6.75. The van der Waals surface area contributed by atoms with E-state index in [4.69, 9.17) is 5.11 Å². The Morgan fingerprint density at radius 1 is 1.33 bits per heavy atom. The van der Waals surface area contributed by atoms with E-state index in [0.29, 0.717) is 10.8 Å². The van der Waals surface area contributed by atoms with Gasteiger partial charge in [0.15, 0.2) is 0 Å². The standard InChI is InChI=1S/C14H15N3O3S/c1-6-10-7(2)16-12(8-3-4-8)17-14(10)21-11(6)13(20)15-5-9(18)19/h8H,3-5H2,1-2H3,(H,15,20)(H,18,19). The van der Waals surface area contributed by atoms with Gasteiger partial charge in [-0.25, -0.2) is 9.97 Å². The number of aliphatic carboxylic acids is 1. The lowest BCUT2D eigenvalue weighted by Gasteiger charge is -2.02. The number of thiophene rings is 1. The number of amides is 1. The number of carboxylic acids is 1. The highest BCUT2D eigenvalue weighted by molar-refractivity contribution is 7.20. The SMILES string of the molecule is Cc1nc(C2CC2)nc2sc(C(=O)NCC(=O)O)c(C)c12. The molecule has 2 heterocycles. The first kappa shape index (κ1) is 13.9. The summed E-state index contributed by atoms with van der Waals surface area (Å²) in [5, 5.41) is 11.9. The summed E-state index contributed by atoms with van der Waals surface area (Å²) in [6.45, 7) is 3.39. The number of hydrogen-bond donors (Lipinski definition) is 2. The average Bonchev–Trinajstić information content (AvgIpc) is 3.21. The molecule has 0 aliphatic heterocycles. The van der Waals surface area contributed by atoms with Crippen LogP contribution in [0.2, 0.25) is 0 Å². The number of rotatable bonds is 4. The van der Waals surface area contributed by atoms with Crippen molar-refractivity contribution in [3.63, 3.8) is 0 Å². The van der Waals surface area contributed by atoms with Gasteiger partial charge in [-0.15, -0.1) is 11.3 Å². The Morgan fingerprint density at radius 3 is 2.67 bits per heavy atom. The van der Waals surface area contributed by atoms with Crippen molar-refractivity contribution in [2.75, 3.05) is 6.54 Å². The van der Waals surface area contributed by atoms with Crippen LogP contribution in [0.1, 0.15) is 45.5 Å². The van der Waals surface area contributed by atoms with Crippen molar-refractivity contribution in [2.45, 2.75) is 32.6 Å². The molecular weight excluding hydrogens is 290 g/mol. The molecule has 0 atom stereocenters. The fourth-order valence-corrected chi connectivity index (χ4v) is 3.49. The molecule has 0 aromatic carbocycles. The number of nitrogens with zero attached hydrogens (tertiary/aromatic N) is 2. The van der Waals surface area contributed by atoms with Gasteiger partial charge in [0, 0.05) is 11.3 Å². The van der Waals surface area contributed by atoms with E-state index < -0.39 is 5.97 Å². The summed E-state index contributed by atoms with van der Waals surface area (Å²) in [5.41, 5.74) is 1.70. The quantitative estimate of drug-likeness (QED) is 0.901. The second-order valence-electron chi connectivity index (χ2n) is 5.25. The third-order valence-corrected chi connectivity index (χ3v) is 4.72. The van der Waals surface area contributed by atoms with Gasteiger partial charge in [-0.05, 0) is 32.3 Å². The monoisotopic (exact) mass is 305 g/mol. The summed E-state index contributed by atoms with van der Waals surface area (Å²) in [6.07, 6.45) is 2.25. The van der Waals surface area contributed by atoms with Crippen LogP contribution in [-0.4, -0.2) is 33.5 Å². The van der Waals surface area contributed by atoms with Crippen molar-refractivity contribution in [3.8, 4) is 0 Å². The lowest BCUT2D eigenvalue weighted by Crippen LogP contribution is -2.28. The smallest absolute Gasteiger partial charge is 0.322 e. The zero-order valence-corrected chi connectivity index (χ0v) is 12.6. The van der Waals surface area contributed by atoms with Gasteiger partial charge < -0.3 is 10.4 Å². The summed E-state index contributed by atoms with van der Waals surface area (Å²) in [4.78, 5) is 33.0. The van der Waals surface area contributed by atoms with Crippen LogP contribution in [-0.2, 0) is 4.79 Å². The van der Waals surface area contributed by atoms with Crippen molar-refractivity contribution in [1.82, 2.24) is 15.3 Å². The molecule has 2 N–H and O–H groups in total. The number of nitrogens with one attached hydrogen (secondary N) is 1. The summed E-state index contributed by atoms with van der Waals surface area (Å²) >= 11 is 1.30. The molecule has 1 aliphatic rings. The van der Waals surface area contributed by atoms with Gasteiger partial charge in [0.2, 0.25) is 0 Å². The van der Waals surface area contributed by atoms with Crippen LogP contribution in [0.3, 0.4) is 0 Å². The minimum atomic E-state index is -1.06. The van der Waals surface area contributed by atoms with Gasteiger partial charge in [0.1, 0.15) is 17.2 Å². The third-order valence-electron chi connectivity index (χ3n) is 3.54. The lowest BCUT2D eigenvalue weighted by atomic mass is 10.1. The van der Waals surface area contributed by atoms with E-state index in [9.17, 15) is 9.59 Å². The number of hydrogen-bond acceptors (Lipinski definition) is 5. The van der Waals surface area contributed by atoms with Crippen LogP contribution in [0.15, 0.2) is 0 Å². The largest absolute Gasteiger partial charge is 0.480 e. The molecule has 1 saturated carbocycles. The Labute approximate surface area is 125 Å². The normalized spacial score (nSPS) is 14.4. The molecular formula is C14H15N3O3S. The molecule has 2 aromatic rings. The first-order valence-corrected chi connectivity index (χ1v) is 7.56. The number of aromatic nitrogens is 2. The maximum Gasteiger partial charge on any atom is 0.322 e. The summed E-state index contributed by atoms with van der Waals surface area (Å²) < 4.78 is 0. The van der Waals surface area contributed by atoms with E-state index in [1.54, 1.807) is 0 Å². The average molecular weight is 305 g/mol. The summed E-state index contributed by atoms with van der Waals surface area (Å²) in [6, 6.07) is 0. The molecule has 1 aliphatic carbocycles. The highest BCUT2D eigenvalue weighted by Gasteiger charge is 2.28. The van der Waals surface area contributed by atoms with Gasteiger partial charge in [-0.1, -0.05) is 0 Å². The molecule has 6 nitrogen and oxygen atoms in total. The molecule has 21 heavy (non-hydrogen) atoms. The van der Waals surface area contributed by atoms with Gasteiger partial charge in [-0.2, -0.15) is 0 Å². The van der Waals surface area contributed by atoms with E-state index in [0.717, 1.165) is 40.1 Å². The van der Waals surface area contributed by atoms with E-state index in [-0.39, 0.29) is 12.5 Å². The zero-order chi connectivity index (χ0) is 15.1. The van der Waals surface area contributed by atoms with E-state index in [2.05, 4.69) is 15.3 Å². The zero-order valence-electron chi connectivity index (χ0n) is 11.8. The molecule has 7 heteroatoms. The van der Waals surface area contributed by atoms with E-state index in [1.807, 2.05) is 13.8 Å². The van der Waals surface area contributed by atoms with Gasteiger partial charge in [0.25, 0.3) is 5.91 Å². The minimum Gasteiger partial charge on any atom is -0.480 e. The fraction of sp³-hybridized carbons (Fsp3) is 0.429. The van der Waals surface area contributed by atoms with Crippen LogP contribution >= 0.6 is 11.3 Å². The van der Waals surface area contributed by atoms with E-state index >= 15 is 0 Å². The van der Waals surface area contributed by atoms with Crippen molar-refractivity contribution >= 4 is 33.4 Å². The predicted octanol–water partition coefficient (Wildman–Crippen LogP) is 2.00. The Kier molecular flexibility index (Phi) is 3.36. The third kappa shape index (κ3) is 2.61. The molecule has 110 valence electrons. The number of aryl methyl sites for hydroxylation is 2. The van der Waals surface area contributed by atoms with Crippen LogP contribution in [0, 0.1) is 13.8 Å². The number of carbonyl (C=O) groups excluding carboxylic acids is 1. The van der Waals surface area contributed by atoms with Gasteiger partial charge in [0.05, 0.1) is 10.6 Å². The number of carbonyl (C=O) groups is 2. The second-order valence-corrected chi connectivity index (χ2v) is 6.25. The predicted molar refractivity (Wildman–Crippen MR) is 78.8 cm³/mol. The Hall–Kier alpha value is -2.02. The van der Waals surface area contributed by atoms with Crippen molar-refractivity contribution in [2.24, 2.45) is 0 Å². The Balaban J connectivity index is 2.00. The number of fused-ring (bicyclic) bond motifs is 1. The Morgan fingerprint density at radius 2 is 2.05 bits per heavy atom. The fourth-order valence-electron chi connectivity index (χ4n) is 2.34. The highest BCUT2D eigenvalue weighted by Crippen LogP contribution is 2.40. The van der Waals surface area contributed by atoms with Crippen LogP contribution in [0.4, 0.5) is 0 Å². The van der Waals surface area contributed by atoms with E-state index in [1.165, 1.54) is 11.3 Å². The van der Waals surface area contributed by atoms with Gasteiger partial charge >= 0.3 is 5.97 Å². The molecule has 0 radical (unpaired) electrons. The second kappa shape index (κ2) is 5.07. The van der Waals surface area contributed by atoms with Crippen LogP contribution in [0.5, 0.6) is 0 Å². The summed E-state index contributed by atoms with van der Waals surface area (Å²) in [7, 11) is 0. The van der Waals surface area contributed by atoms with Crippen molar-refractivity contribution in [1.29, 1.82) is 0 Å². The maximum atomic E-state index is 12.1. The molecule has 2 aromatic heterocycles. The molecule has 0 unspecified atom stereocenters. The van der Waals surface area contributed by atoms with Crippen LogP contribution in [0.25, 0.3) is 10.2 Å². The number of carboxylic acid groups (broad SMARTS) is 1. The van der Waals surface area contributed by atoms with Crippen molar-refractivity contribution in [3.05, 3.63) is 22.0 Å². The maximum absolute atomic E-state index is 12.1. The van der Waals surface area contributed by atoms with Crippen LogP contribution < -0.4 is 5.32 Å². The van der Waals surface area contributed by atoms with Gasteiger partial charge in [-0.3, -0.25) is 9.59 Å². The lowest BCUT2D eigenvalue weighted by molar-refractivity contribution is -0.135. The molecule has 3 rings (SSSR count).